The standard InChI is InChI=1S/4C8H8.H2N3/c4*1-2-8-6-4-3-5-7-8;1-3-2/h4*2-7H,1H2;1-2H/q;;;;+1. The lowest BCUT2D eigenvalue weighted by atomic mass is 10.2. The summed E-state index contributed by atoms with van der Waals surface area (Å²) in [6.07, 6.45) is 7.33. The Labute approximate surface area is 210 Å². The second-order valence-electron chi connectivity index (χ2n) is 6.57. The fourth-order valence-electron chi connectivity index (χ4n) is 2.36. The van der Waals surface area contributed by atoms with Crippen LogP contribution in [-0.2, 0) is 0 Å². The maximum Gasteiger partial charge on any atom is 0.211 e. The maximum absolute atomic E-state index is 5.50. The minimum absolute atomic E-state index is 1.17. The zero-order valence-electron chi connectivity index (χ0n) is 20.1. The molecule has 0 bridgehead atoms. The summed E-state index contributed by atoms with van der Waals surface area (Å²) in [5.74, 6) is 0. The van der Waals surface area contributed by atoms with Gasteiger partial charge in [-0.1, -0.05) is 172 Å². The van der Waals surface area contributed by atoms with Gasteiger partial charge >= 0.3 is 0 Å². The molecule has 0 saturated heterocycles. The highest BCUT2D eigenvalue weighted by Gasteiger charge is 1.77. The van der Waals surface area contributed by atoms with E-state index in [1.165, 1.54) is 22.3 Å². The van der Waals surface area contributed by atoms with E-state index in [2.05, 4.69) is 26.3 Å². The molecule has 4 aromatic carbocycles. The predicted octanol–water partition coefficient (Wildman–Crippen LogP) is 9.43. The molecule has 35 heavy (non-hydrogen) atoms. The fraction of sp³-hybridized carbons (Fsp3) is 0. The van der Waals surface area contributed by atoms with Crippen molar-refractivity contribution in [2.24, 2.45) is 0 Å². The summed E-state index contributed by atoms with van der Waals surface area (Å²) in [4.78, 5) is 2.00. The van der Waals surface area contributed by atoms with Crippen LogP contribution >= 0.6 is 0 Å². The summed E-state index contributed by atoms with van der Waals surface area (Å²) in [5, 5.41) is 0. The Bertz CT molecular complexity index is 925. The van der Waals surface area contributed by atoms with Crippen molar-refractivity contribution in [1.82, 2.24) is 4.91 Å². The van der Waals surface area contributed by atoms with Crippen molar-refractivity contribution >= 4 is 24.3 Å². The van der Waals surface area contributed by atoms with Gasteiger partial charge in [-0.05, 0) is 22.3 Å². The van der Waals surface area contributed by atoms with E-state index in [0.717, 1.165) is 0 Å². The van der Waals surface area contributed by atoms with Crippen molar-refractivity contribution in [2.75, 3.05) is 0 Å². The quantitative estimate of drug-likeness (QED) is 0.225. The molecule has 0 fully saturated rings. The molecule has 0 saturated carbocycles. The predicted molar refractivity (Wildman–Crippen MR) is 154 cm³/mol. The molecule has 0 radical (unpaired) electrons. The van der Waals surface area contributed by atoms with Crippen LogP contribution in [0.1, 0.15) is 22.3 Å². The molecule has 0 aliphatic rings. The van der Waals surface area contributed by atoms with Gasteiger partial charge in [0.2, 0.25) is 4.91 Å². The summed E-state index contributed by atoms with van der Waals surface area (Å²) < 4.78 is 0. The molecule has 0 heterocycles. The molecular weight excluding hydrogens is 426 g/mol. The average Bonchev–Trinajstić information content (AvgIpc) is 2.96. The molecule has 0 aliphatic carbocycles. The van der Waals surface area contributed by atoms with E-state index in [0.29, 0.717) is 0 Å². The number of benzene rings is 4. The number of rotatable bonds is 4. The molecule has 2 N–H and O–H groups in total. The van der Waals surface area contributed by atoms with Gasteiger partial charge in [-0.2, -0.15) is 0 Å². The third-order valence-corrected chi connectivity index (χ3v) is 4.14. The largest absolute Gasteiger partial charge is 0.211 e. The summed E-state index contributed by atoms with van der Waals surface area (Å²) in [6, 6.07) is 40.1. The number of hydrogen-bond acceptors (Lipinski definition) is 2. The van der Waals surface area contributed by atoms with Crippen LogP contribution in [0.3, 0.4) is 0 Å². The van der Waals surface area contributed by atoms with Crippen LogP contribution in [-0.4, -0.2) is 0 Å². The molecule has 4 rings (SSSR count). The van der Waals surface area contributed by atoms with E-state index in [1.54, 1.807) is 0 Å². The van der Waals surface area contributed by atoms with E-state index in [1.807, 2.05) is 151 Å². The van der Waals surface area contributed by atoms with E-state index >= 15 is 0 Å². The van der Waals surface area contributed by atoms with Crippen molar-refractivity contribution in [1.29, 1.82) is 11.1 Å². The highest BCUT2D eigenvalue weighted by atomic mass is 15.0. The molecular formula is C32H34N3+. The van der Waals surface area contributed by atoms with Gasteiger partial charge in [0.25, 0.3) is 0 Å². The van der Waals surface area contributed by atoms with Crippen LogP contribution in [0.2, 0.25) is 0 Å². The van der Waals surface area contributed by atoms with Gasteiger partial charge in [-0.3, -0.25) is 0 Å². The lowest BCUT2D eigenvalue weighted by Crippen LogP contribution is -1.63. The molecule has 0 spiro atoms. The Morgan fingerprint density at radius 3 is 0.600 bits per heavy atom. The lowest BCUT2D eigenvalue weighted by molar-refractivity contribution is 0.928. The molecule has 4 aromatic rings. The highest BCUT2D eigenvalue weighted by molar-refractivity contribution is 5.47. The normalized spacial score (nSPS) is 8.00. The Hall–Kier alpha value is -4.85. The first-order valence-electron chi connectivity index (χ1n) is 10.9. The van der Waals surface area contributed by atoms with Gasteiger partial charge in [0, 0.05) is 0 Å². The summed E-state index contributed by atoms with van der Waals surface area (Å²) in [6.45, 7) is 14.5. The topological polar surface area (TPSA) is 61.8 Å². The van der Waals surface area contributed by atoms with Crippen LogP contribution in [0.25, 0.3) is 24.3 Å². The molecule has 0 unspecified atom stereocenters. The molecule has 0 atom stereocenters. The summed E-state index contributed by atoms with van der Waals surface area (Å²) in [7, 11) is 0. The number of nitrogens with one attached hydrogen (secondary N) is 2. The maximum atomic E-state index is 5.50. The van der Waals surface area contributed by atoms with E-state index in [9.17, 15) is 0 Å². The third kappa shape index (κ3) is 17.4. The Balaban J connectivity index is 0.000000424. The van der Waals surface area contributed by atoms with Crippen molar-refractivity contribution in [3.8, 4) is 0 Å². The Morgan fingerprint density at radius 2 is 0.514 bits per heavy atom. The highest BCUT2D eigenvalue weighted by Crippen LogP contribution is 1.99. The van der Waals surface area contributed by atoms with E-state index in [4.69, 9.17) is 11.1 Å². The van der Waals surface area contributed by atoms with Crippen LogP contribution in [0.5, 0.6) is 0 Å². The van der Waals surface area contributed by atoms with Crippen molar-refractivity contribution < 1.29 is 0 Å². The SMILES string of the molecule is C=Cc1ccccc1.C=Cc1ccccc1.C=Cc1ccccc1.C=Cc1ccccc1.N=[N+]=N. The zero-order valence-corrected chi connectivity index (χ0v) is 20.1. The summed E-state index contributed by atoms with van der Waals surface area (Å²) in [5.41, 5.74) is 15.7. The van der Waals surface area contributed by atoms with Crippen molar-refractivity contribution in [3.05, 3.63) is 170 Å². The van der Waals surface area contributed by atoms with Gasteiger partial charge in [0.15, 0.2) is 0 Å². The van der Waals surface area contributed by atoms with Crippen LogP contribution < -0.4 is 4.91 Å². The van der Waals surface area contributed by atoms with Gasteiger partial charge in [-0.25, -0.2) is 0 Å². The average molecular weight is 461 g/mol. The van der Waals surface area contributed by atoms with Crippen LogP contribution in [0, 0.1) is 11.1 Å². The lowest BCUT2D eigenvalue weighted by Gasteiger charge is -1.85. The van der Waals surface area contributed by atoms with E-state index < -0.39 is 0 Å². The van der Waals surface area contributed by atoms with Gasteiger partial charge in [-0.15, -0.1) is 0 Å². The molecule has 0 aromatic heterocycles. The molecule has 0 aliphatic heterocycles. The first-order chi connectivity index (χ1) is 17.1. The smallest absolute Gasteiger partial charge is 0.0985 e. The Morgan fingerprint density at radius 1 is 0.371 bits per heavy atom. The summed E-state index contributed by atoms with van der Waals surface area (Å²) >= 11 is 0. The fourth-order valence-corrected chi connectivity index (χ4v) is 2.36. The molecule has 0 amide bonds. The van der Waals surface area contributed by atoms with Crippen LogP contribution in [0.4, 0.5) is 0 Å². The molecule has 3 nitrogen and oxygen atoms in total. The minimum Gasteiger partial charge on any atom is -0.0985 e. The Kier molecular flexibility index (Phi) is 19.3. The molecule has 3 heteroatoms. The number of hydrogen-bond donors (Lipinski definition) is 2. The second kappa shape index (κ2) is 22.3. The first kappa shape index (κ1) is 30.2. The van der Waals surface area contributed by atoms with Gasteiger partial charge < -0.3 is 0 Å². The first-order valence-corrected chi connectivity index (χ1v) is 10.9. The van der Waals surface area contributed by atoms with Gasteiger partial charge in [0.1, 0.15) is 11.1 Å². The number of nitrogens with zero attached hydrogens (tertiary/aromatic N) is 1. The second-order valence-corrected chi connectivity index (χ2v) is 6.57. The van der Waals surface area contributed by atoms with Crippen LogP contribution in [0.15, 0.2) is 148 Å². The van der Waals surface area contributed by atoms with Crippen molar-refractivity contribution in [2.45, 2.75) is 0 Å². The zero-order chi connectivity index (χ0) is 26.0. The molecule has 176 valence electrons. The monoisotopic (exact) mass is 460 g/mol. The van der Waals surface area contributed by atoms with Crippen molar-refractivity contribution in [3.63, 3.8) is 0 Å². The van der Waals surface area contributed by atoms with E-state index in [-0.39, 0.29) is 0 Å². The third-order valence-electron chi connectivity index (χ3n) is 4.14. The minimum atomic E-state index is 1.17. The van der Waals surface area contributed by atoms with Gasteiger partial charge in [0.05, 0.1) is 0 Å².